The molecule has 22 heavy (non-hydrogen) atoms. The Labute approximate surface area is 133 Å². The Morgan fingerprint density at radius 3 is 2.32 bits per heavy atom. The van der Waals surface area contributed by atoms with Gasteiger partial charge < -0.3 is 5.32 Å². The number of hydrogen-bond acceptors (Lipinski definition) is 3. The van der Waals surface area contributed by atoms with Crippen molar-refractivity contribution in [2.45, 2.75) is 11.8 Å². The van der Waals surface area contributed by atoms with E-state index in [0.29, 0.717) is 5.56 Å². The Balaban J connectivity index is 2.18. The zero-order valence-electron chi connectivity index (χ0n) is 11.4. The number of ketones is 1. The number of amides is 1. The number of anilines is 1. The average molecular weight is 369 g/mol. The summed E-state index contributed by atoms with van der Waals surface area (Å²) in [7, 11) is 0. The summed E-state index contributed by atoms with van der Waals surface area (Å²) < 4.78 is 27.0. The Hall–Kier alpha value is -2.15. The number of hydrogen-bond donors (Lipinski definition) is 1. The quantitative estimate of drug-likeness (QED) is 0.662. The minimum atomic E-state index is -0.961. The van der Waals surface area contributed by atoms with Crippen molar-refractivity contribution in [3.05, 3.63) is 59.3 Å². The number of halogens is 3. The van der Waals surface area contributed by atoms with Crippen molar-refractivity contribution in [1.82, 2.24) is 4.98 Å². The summed E-state index contributed by atoms with van der Waals surface area (Å²) in [5.41, 5.74) is -0.321. The lowest BCUT2D eigenvalue weighted by atomic mass is 10.1. The second kappa shape index (κ2) is 6.74. The topological polar surface area (TPSA) is 59.1 Å². The summed E-state index contributed by atoms with van der Waals surface area (Å²) >= 11 is 3.15. The van der Waals surface area contributed by atoms with Gasteiger partial charge in [0.2, 0.25) is 0 Å². The standard InChI is InChI=1S/C15H11BrF2N2O2/c1-8(16)14(21)9-5-6-12(19-7-9)20-15(22)13-10(17)3-2-4-11(13)18/h2-8H,1H3,(H,19,20,22). The summed E-state index contributed by atoms with van der Waals surface area (Å²) in [6.07, 6.45) is 1.29. The van der Waals surface area contributed by atoms with Crippen LogP contribution in [0.3, 0.4) is 0 Å². The number of carbonyl (C=O) groups is 2. The van der Waals surface area contributed by atoms with Gasteiger partial charge in [0.1, 0.15) is 23.0 Å². The SMILES string of the molecule is CC(Br)C(=O)c1ccc(NC(=O)c2c(F)cccc2F)nc1. The minimum absolute atomic E-state index is 0.0893. The molecule has 2 rings (SSSR count). The van der Waals surface area contributed by atoms with Gasteiger partial charge in [-0.15, -0.1) is 0 Å². The molecule has 1 aromatic carbocycles. The Kier molecular flexibility index (Phi) is 4.97. The molecule has 7 heteroatoms. The number of aromatic nitrogens is 1. The molecule has 4 nitrogen and oxygen atoms in total. The number of nitrogens with one attached hydrogen (secondary N) is 1. The molecule has 1 atom stereocenters. The maximum Gasteiger partial charge on any atom is 0.262 e. The van der Waals surface area contributed by atoms with Crippen LogP contribution in [0.25, 0.3) is 0 Å². The number of rotatable bonds is 4. The highest BCUT2D eigenvalue weighted by molar-refractivity contribution is 9.10. The van der Waals surface area contributed by atoms with Gasteiger partial charge in [0.25, 0.3) is 5.91 Å². The number of carbonyl (C=O) groups excluding carboxylic acids is 2. The van der Waals surface area contributed by atoms with Gasteiger partial charge >= 0.3 is 0 Å². The molecule has 0 radical (unpaired) electrons. The first-order valence-electron chi connectivity index (χ1n) is 6.30. The summed E-state index contributed by atoms with van der Waals surface area (Å²) in [5, 5.41) is 2.28. The molecule has 2 aromatic rings. The Morgan fingerprint density at radius 1 is 1.18 bits per heavy atom. The zero-order chi connectivity index (χ0) is 16.3. The van der Waals surface area contributed by atoms with Gasteiger partial charge in [0.15, 0.2) is 5.78 Å². The van der Waals surface area contributed by atoms with Gasteiger partial charge in [0, 0.05) is 11.8 Å². The van der Waals surface area contributed by atoms with Crippen LogP contribution >= 0.6 is 15.9 Å². The molecule has 1 N–H and O–H groups in total. The number of pyridine rings is 1. The van der Waals surface area contributed by atoms with Crippen LogP contribution in [0.2, 0.25) is 0 Å². The summed E-state index contributed by atoms with van der Waals surface area (Å²) in [6, 6.07) is 6.01. The monoisotopic (exact) mass is 368 g/mol. The summed E-state index contributed by atoms with van der Waals surface area (Å²) in [5.74, 6) is -2.94. The third kappa shape index (κ3) is 3.54. The molecule has 114 valence electrons. The molecule has 0 aliphatic rings. The lowest BCUT2D eigenvalue weighted by Crippen LogP contribution is -2.17. The Morgan fingerprint density at radius 2 is 1.82 bits per heavy atom. The normalized spacial score (nSPS) is 11.8. The van der Waals surface area contributed by atoms with Crippen LogP contribution in [0, 0.1) is 11.6 Å². The van der Waals surface area contributed by atoms with Gasteiger partial charge in [-0.3, -0.25) is 9.59 Å². The molecular weight excluding hydrogens is 358 g/mol. The van der Waals surface area contributed by atoms with Crippen LogP contribution in [-0.2, 0) is 0 Å². The maximum absolute atomic E-state index is 13.5. The number of benzene rings is 1. The van der Waals surface area contributed by atoms with Crippen LogP contribution in [0.1, 0.15) is 27.6 Å². The molecule has 1 amide bonds. The minimum Gasteiger partial charge on any atom is -0.306 e. The van der Waals surface area contributed by atoms with Crippen molar-refractivity contribution >= 4 is 33.4 Å². The number of nitrogens with zero attached hydrogens (tertiary/aromatic N) is 1. The van der Waals surface area contributed by atoms with Crippen LogP contribution < -0.4 is 5.32 Å². The van der Waals surface area contributed by atoms with E-state index in [2.05, 4.69) is 26.2 Å². The third-order valence-corrected chi connectivity index (χ3v) is 3.26. The molecule has 1 aromatic heterocycles. The van der Waals surface area contributed by atoms with Crippen LogP contribution in [0.4, 0.5) is 14.6 Å². The second-order valence-corrected chi connectivity index (χ2v) is 5.84. The molecule has 0 aliphatic heterocycles. The zero-order valence-corrected chi connectivity index (χ0v) is 13.0. The smallest absolute Gasteiger partial charge is 0.262 e. The van der Waals surface area contributed by atoms with Crippen LogP contribution in [0.15, 0.2) is 36.5 Å². The van der Waals surface area contributed by atoms with Gasteiger partial charge in [0.05, 0.1) is 4.83 Å². The van der Waals surface area contributed by atoms with E-state index in [0.717, 1.165) is 12.1 Å². The number of Topliss-reactive ketones (excluding diaryl/α,β-unsaturated/α-hetero) is 1. The van der Waals surface area contributed by atoms with E-state index < -0.39 is 23.1 Å². The third-order valence-electron chi connectivity index (χ3n) is 2.84. The lowest BCUT2D eigenvalue weighted by molar-refractivity contribution is 0.0993. The fraction of sp³-hybridized carbons (Fsp3) is 0.133. The highest BCUT2D eigenvalue weighted by Gasteiger charge is 2.18. The highest BCUT2D eigenvalue weighted by Crippen LogP contribution is 2.15. The molecule has 0 saturated carbocycles. The van der Waals surface area contributed by atoms with E-state index in [1.54, 1.807) is 6.92 Å². The van der Waals surface area contributed by atoms with Crippen molar-refractivity contribution in [2.24, 2.45) is 0 Å². The van der Waals surface area contributed by atoms with Crippen molar-refractivity contribution in [3.8, 4) is 0 Å². The van der Waals surface area contributed by atoms with Crippen LogP contribution in [0.5, 0.6) is 0 Å². The lowest BCUT2D eigenvalue weighted by Gasteiger charge is -2.07. The van der Waals surface area contributed by atoms with E-state index in [-0.39, 0.29) is 16.4 Å². The molecule has 1 heterocycles. The second-order valence-electron chi connectivity index (χ2n) is 4.46. The Bertz CT molecular complexity index is 698. The first kappa shape index (κ1) is 16.2. The molecule has 1 unspecified atom stereocenters. The first-order valence-corrected chi connectivity index (χ1v) is 7.21. The molecule has 0 bridgehead atoms. The molecule has 0 spiro atoms. The highest BCUT2D eigenvalue weighted by atomic mass is 79.9. The average Bonchev–Trinajstić information content (AvgIpc) is 2.47. The summed E-state index contributed by atoms with van der Waals surface area (Å²) in [6.45, 7) is 1.68. The number of alkyl halides is 1. The van der Waals surface area contributed by atoms with Crippen molar-refractivity contribution in [1.29, 1.82) is 0 Å². The van der Waals surface area contributed by atoms with Crippen molar-refractivity contribution in [3.63, 3.8) is 0 Å². The molecule has 0 fully saturated rings. The van der Waals surface area contributed by atoms with E-state index in [1.165, 1.54) is 24.4 Å². The predicted octanol–water partition coefficient (Wildman–Crippen LogP) is 3.58. The largest absolute Gasteiger partial charge is 0.306 e. The van der Waals surface area contributed by atoms with E-state index >= 15 is 0 Å². The van der Waals surface area contributed by atoms with Crippen LogP contribution in [-0.4, -0.2) is 21.5 Å². The van der Waals surface area contributed by atoms with E-state index in [9.17, 15) is 18.4 Å². The van der Waals surface area contributed by atoms with Gasteiger partial charge in [-0.25, -0.2) is 13.8 Å². The molecule has 0 aliphatic carbocycles. The maximum atomic E-state index is 13.5. The summed E-state index contributed by atoms with van der Waals surface area (Å²) in [4.78, 5) is 27.1. The predicted molar refractivity (Wildman–Crippen MR) is 81.3 cm³/mol. The van der Waals surface area contributed by atoms with E-state index in [4.69, 9.17) is 0 Å². The first-order chi connectivity index (χ1) is 10.4. The van der Waals surface area contributed by atoms with E-state index in [1.807, 2.05) is 0 Å². The molecular formula is C15H11BrF2N2O2. The fourth-order valence-electron chi connectivity index (χ4n) is 1.74. The van der Waals surface area contributed by atoms with Crippen molar-refractivity contribution < 1.29 is 18.4 Å². The van der Waals surface area contributed by atoms with Gasteiger partial charge in [-0.05, 0) is 31.2 Å². The van der Waals surface area contributed by atoms with Gasteiger partial charge in [-0.1, -0.05) is 22.0 Å². The van der Waals surface area contributed by atoms with Gasteiger partial charge in [-0.2, -0.15) is 0 Å². The fourth-order valence-corrected chi connectivity index (χ4v) is 2.00. The van der Waals surface area contributed by atoms with Crippen molar-refractivity contribution in [2.75, 3.05) is 5.32 Å². The molecule has 0 saturated heterocycles.